The van der Waals surface area contributed by atoms with Crippen LogP contribution in [0.2, 0.25) is 0 Å². The standard InChI is InChI=1S/C10H16BrN3O2S/c1-8-9(11)4-5-10(13-8)14-17(15,16)7-3-6-12-2/h4-5,12H,3,6-7H2,1-2H3,(H,13,14). The van der Waals surface area contributed by atoms with Gasteiger partial charge in [0.15, 0.2) is 0 Å². The molecule has 0 aromatic carbocycles. The van der Waals surface area contributed by atoms with Crippen LogP contribution in [0, 0.1) is 6.92 Å². The first kappa shape index (κ1) is 14.4. The number of hydrogen-bond donors (Lipinski definition) is 2. The van der Waals surface area contributed by atoms with Crippen molar-refractivity contribution in [1.82, 2.24) is 10.3 Å². The molecule has 0 unspecified atom stereocenters. The van der Waals surface area contributed by atoms with E-state index in [4.69, 9.17) is 0 Å². The topological polar surface area (TPSA) is 71.1 Å². The zero-order chi connectivity index (χ0) is 12.9. The summed E-state index contributed by atoms with van der Waals surface area (Å²) in [5.41, 5.74) is 0.750. The van der Waals surface area contributed by atoms with Crippen LogP contribution < -0.4 is 10.0 Å². The molecule has 1 rings (SSSR count). The fraction of sp³-hybridized carbons (Fsp3) is 0.500. The van der Waals surface area contributed by atoms with Gasteiger partial charge in [-0.3, -0.25) is 4.72 Å². The van der Waals surface area contributed by atoms with E-state index in [2.05, 4.69) is 31.0 Å². The molecule has 0 atom stereocenters. The first-order valence-corrected chi connectivity index (χ1v) is 7.67. The highest BCUT2D eigenvalue weighted by molar-refractivity contribution is 9.10. The third-order valence-corrected chi connectivity index (χ3v) is 4.31. The Balaban J connectivity index is 2.66. The monoisotopic (exact) mass is 321 g/mol. The smallest absolute Gasteiger partial charge is 0.233 e. The number of nitrogens with one attached hydrogen (secondary N) is 2. The van der Waals surface area contributed by atoms with Crippen LogP contribution in [-0.2, 0) is 10.0 Å². The number of pyridine rings is 1. The molecule has 0 saturated carbocycles. The summed E-state index contributed by atoms with van der Waals surface area (Å²) in [5, 5.41) is 2.91. The van der Waals surface area contributed by atoms with Crippen LogP contribution in [0.3, 0.4) is 0 Å². The molecule has 0 bridgehead atoms. The van der Waals surface area contributed by atoms with E-state index in [-0.39, 0.29) is 5.75 Å². The summed E-state index contributed by atoms with van der Waals surface area (Å²) in [6, 6.07) is 3.40. The van der Waals surface area contributed by atoms with Gasteiger partial charge in [-0.15, -0.1) is 0 Å². The third-order valence-electron chi connectivity index (χ3n) is 2.12. The van der Waals surface area contributed by atoms with Gasteiger partial charge in [0.05, 0.1) is 11.4 Å². The maximum atomic E-state index is 11.7. The molecule has 0 aliphatic rings. The lowest BCUT2D eigenvalue weighted by Crippen LogP contribution is -2.20. The normalized spacial score (nSPS) is 11.5. The van der Waals surface area contributed by atoms with Gasteiger partial charge >= 0.3 is 0 Å². The molecule has 1 heterocycles. The van der Waals surface area contributed by atoms with Crippen molar-refractivity contribution in [3.8, 4) is 0 Å². The fourth-order valence-corrected chi connectivity index (χ4v) is 2.53. The maximum absolute atomic E-state index is 11.7. The molecule has 0 aliphatic heterocycles. The quantitative estimate of drug-likeness (QED) is 0.779. The summed E-state index contributed by atoms with van der Waals surface area (Å²) < 4.78 is 26.7. The van der Waals surface area contributed by atoms with Gasteiger partial charge in [0.1, 0.15) is 5.82 Å². The lowest BCUT2D eigenvalue weighted by molar-refractivity contribution is 0.596. The van der Waals surface area contributed by atoms with Gasteiger partial charge in [-0.05, 0) is 55.0 Å². The molecule has 0 spiro atoms. The highest BCUT2D eigenvalue weighted by atomic mass is 79.9. The summed E-state index contributed by atoms with van der Waals surface area (Å²) in [6.45, 7) is 2.48. The van der Waals surface area contributed by atoms with Gasteiger partial charge in [0.25, 0.3) is 0 Å². The molecule has 2 N–H and O–H groups in total. The molecule has 1 aromatic rings. The number of sulfonamides is 1. The van der Waals surface area contributed by atoms with Gasteiger partial charge in [-0.1, -0.05) is 0 Å². The van der Waals surface area contributed by atoms with E-state index < -0.39 is 10.0 Å². The number of aromatic nitrogens is 1. The van der Waals surface area contributed by atoms with E-state index in [1.54, 1.807) is 19.2 Å². The van der Waals surface area contributed by atoms with E-state index in [0.29, 0.717) is 18.8 Å². The molecule has 0 radical (unpaired) electrons. The Hall–Kier alpha value is -0.660. The first-order valence-electron chi connectivity index (χ1n) is 5.23. The minimum atomic E-state index is -3.30. The van der Waals surface area contributed by atoms with E-state index in [0.717, 1.165) is 10.2 Å². The van der Waals surface area contributed by atoms with Crippen LogP contribution in [0.15, 0.2) is 16.6 Å². The van der Waals surface area contributed by atoms with Crippen molar-refractivity contribution < 1.29 is 8.42 Å². The molecular formula is C10H16BrN3O2S. The molecule has 0 amide bonds. The van der Waals surface area contributed by atoms with Crippen molar-refractivity contribution in [2.75, 3.05) is 24.1 Å². The minimum absolute atomic E-state index is 0.0879. The predicted octanol–water partition coefficient (Wildman–Crippen LogP) is 1.50. The van der Waals surface area contributed by atoms with Gasteiger partial charge < -0.3 is 5.32 Å². The van der Waals surface area contributed by atoms with Gasteiger partial charge in [0, 0.05) is 4.47 Å². The summed E-state index contributed by atoms with van der Waals surface area (Å²) in [6.07, 6.45) is 0.571. The average Bonchev–Trinajstić information content (AvgIpc) is 2.23. The molecule has 5 nitrogen and oxygen atoms in total. The molecule has 1 aromatic heterocycles. The van der Waals surface area contributed by atoms with Crippen LogP contribution in [0.1, 0.15) is 12.1 Å². The van der Waals surface area contributed by atoms with Crippen molar-refractivity contribution in [3.63, 3.8) is 0 Å². The maximum Gasteiger partial charge on any atom is 0.233 e. The van der Waals surface area contributed by atoms with Crippen molar-refractivity contribution in [2.45, 2.75) is 13.3 Å². The first-order chi connectivity index (χ1) is 7.94. The molecule has 7 heteroatoms. The molecular weight excluding hydrogens is 306 g/mol. The zero-order valence-corrected chi connectivity index (χ0v) is 12.2. The number of nitrogens with zero attached hydrogens (tertiary/aromatic N) is 1. The second kappa shape index (κ2) is 6.32. The Morgan fingerprint density at radius 3 is 2.71 bits per heavy atom. The summed E-state index contributed by atoms with van der Waals surface area (Å²) in [7, 11) is -1.51. The SMILES string of the molecule is CNCCCS(=O)(=O)Nc1ccc(Br)c(C)n1. The van der Waals surface area contributed by atoms with E-state index in [9.17, 15) is 8.42 Å². The van der Waals surface area contributed by atoms with Gasteiger partial charge in [0.2, 0.25) is 10.0 Å². The zero-order valence-electron chi connectivity index (χ0n) is 9.83. The van der Waals surface area contributed by atoms with Crippen molar-refractivity contribution in [1.29, 1.82) is 0 Å². The third kappa shape index (κ3) is 5.01. The fourth-order valence-electron chi connectivity index (χ4n) is 1.25. The number of anilines is 1. The van der Waals surface area contributed by atoms with E-state index in [1.165, 1.54) is 0 Å². The van der Waals surface area contributed by atoms with E-state index in [1.807, 2.05) is 6.92 Å². The second-order valence-electron chi connectivity index (χ2n) is 3.64. The Kier molecular flexibility index (Phi) is 5.35. The Morgan fingerprint density at radius 2 is 2.12 bits per heavy atom. The number of hydrogen-bond acceptors (Lipinski definition) is 4. The average molecular weight is 322 g/mol. The molecule has 17 heavy (non-hydrogen) atoms. The number of aryl methyl sites for hydroxylation is 1. The summed E-state index contributed by atoms with van der Waals surface area (Å²) in [5.74, 6) is 0.445. The summed E-state index contributed by atoms with van der Waals surface area (Å²) >= 11 is 3.31. The summed E-state index contributed by atoms with van der Waals surface area (Å²) in [4.78, 5) is 4.13. The van der Waals surface area contributed by atoms with Crippen LogP contribution in [0.4, 0.5) is 5.82 Å². The highest BCUT2D eigenvalue weighted by Crippen LogP contribution is 2.16. The van der Waals surface area contributed by atoms with Gasteiger partial charge in [-0.2, -0.15) is 0 Å². The lowest BCUT2D eigenvalue weighted by Gasteiger charge is -2.08. The lowest BCUT2D eigenvalue weighted by atomic mass is 10.4. The van der Waals surface area contributed by atoms with Crippen molar-refractivity contribution in [2.24, 2.45) is 0 Å². The van der Waals surface area contributed by atoms with E-state index >= 15 is 0 Å². The van der Waals surface area contributed by atoms with Crippen LogP contribution >= 0.6 is 15.9 Å². The number of rotatable bonds is 6. The highest BCUT2D eigenvalue weighted by Gasteiger charge is 2.11. The molecule has 0 aliphatic carbocycles. The largest absolute Gasteiger partial charge is 0.320 e. The molecule has 0 saturated heterocycles. The molecule has 96 valence electrons. The Morgan fingerprint density at radius 1 is 1.41 bits per heavy atom. The van der Waals surface area contributed by atoms with Gasteiger partial charge in [-0.25, -0.2) is 13.4 Å². The second-order valence-corrected chi connectivity index (χ2v) is 6.34. The molecule has 0 fully saturated rings. The van der Waals surface area contributed by atoms with Crippen molar-refractivity contribution >= 4 is 31.8 Å². The van der Waals surface area contributed by atoms with Crippen molar-refractivity contribution in [3.05, 3.63) is 22.3 Å². The Bertz CT molecular complexity index is 476. The van der Waals surface area contributed by atoms with Crippen LogP contribution in [0.5, 0.6) is 0 Å². The number of halogens is 1. The van der Waals surface area contributed by atoms with Crippen LogP contribution in [0.25, 0.3) is 0 Å². The minimum Gasteiger partial charge on any atom is -0.320 e. The Labute approximate surface area is 110 Å². The van der Waals surface area contributed by atoms with Crippen LogP contribution in [-0.4, -0.2) is 32.7 Å². The predicted molar refractivity (Wildman–Crippen MR) is 72.6 cm³/mol.